The Labute approximate surface area is 183 Å². The van der Waals surface area contributed by atoms with Crippen LogP contribution in [0.15, 0.2) is 54.6 Å². The molecule has 2 aromatic carbocycles. The molecule has 1 aliphatic heterocycles. The fourth-order valence-electron chi connectivity index (χ4n) is 3.26. The molecule has 1 N–H and O–H groups in total. The summed E-state index contributed by atoms with van der Waals surface area (Å²) >= 11 is 0. The van der Waals surface area contributed by atoms with Gasteiger partial charge in [0.25, 0.3) is 5.91 Å². The highest BCUT2D eigenvalue weighted by Crippen LogP contribution is 2.24. The van der Waals surface area contributed by atoms with Crippen LogP contribution in [0.3, 0.4) is 0 Å². The summed E-state index contributed by atoms with van der Waals surface area (Å²) in [6, 6.07) is 16.6. The van der Waals surface area contributed by atoms with Crippen molar-refractivity contribution in [2.45, 2.75) is 26.4 Å². The highest BCUT2D eigenvalue weighted by molar-refractivity contribution is 5.97. The van der Waals surface area contributed by atoms with Crippen molar-refractivity contribution in [3.8, 4) is 11.5 Å². The van der Waals surface area contributed by atoms with Gasteiger partial charge in [0.05, 0.1) is 5.56 Å². The Kier molecular flexibility index (Phi) is 7.52. The van der Waals surface area contributed by atoms with Crippen LogP contribution >= 0.6 is 0 Å². The maximum absolute atomic E-state index is 12.7. The molecule has 166 valence electrons. The molecule has 0 aliphatic carbocycles. The van der Waals surface area contributed by atoms with E-state index in [2.05, 4.69) is 10.2 Å². The minimum absolute atomic E-state index is 0.168. The van der Waals surface area contributed by atoms with Gasteiger partial charge < -0.3 is 19.7 Å². The molecule has 0 spiro atoms. The number of carbonyl (C=O) groups is 2. The van der Waals surface area contributed by atoms with Crippen molar-refractivity contribution in [3.05, 3.63) is 60.2 Å². The van der Waals surface area contributed by atoms with Crippen LogP contribution < -0.4 is 10.1 Å². The fraction of sp³-hybridized carbons (Fsp3) is 0.417. The molecule has 3 rings (SSSR count). The second-order valence-corrected chi connectivity index (χ2v) is 8.48. The van der Waals surface area contributed by atoms with Gasteiger partial charge in [0.15, 0.2) is 0 Å². The van der Waals surface area contributed by atoms with E-state index in [1.165, 1.54) is 0 Å². The highest BCUT2D eigenvalue weighted by Gasteiger charge is 2.25. The highest BCUT2D eigenvalue weighted by atomic mass is 16.6. The van der Waals surface area contributed by atoms with Crippen LogP contribution in [-0.2, 0) is 4.74 Å². The number of piperazine rings is 1. The number of ether oxygens (including phenoxy) is 2. The minimum Gasteiger partial charge on any atom is -0.457 e. The molecule has 31 heavy (non-hydrogen) atoms. The van der Waals surface area contributed by atoms with Crippen LogP contribution in [0.2, 0.25) is 0 Å². The molecule has 2 amide bonds. The molecule has 1 aliphatic rings. The predicted molar refractivity (Wildman–Crippen MR) is 120 cm³/mol. The SMILES string of the molecule is CC(C)(C)OC(=O)N1CCN(CCNC(=O)c2ccccc2Oc2ccccc2)CC1. The smallest absolute Gasteiger partial charge is 0.410 e. The fourth-order valence-corrected chi connectivity index (χ4v) is 3.26. The molecule has 1 heterocycles. The Bertz CT molecular complexity index is 872. The van der Waals surface area contributed by atoms with Gasteiger partial charge in [0, 0.05) is 39.3 Å². The maximum Gasteiger partial charge on any atom is 0.410 e. The van der Waals surface area contributed by atoms with Gasteiger partial charge in [-0.05, 0) is 45.0 Å². The van der Waals surface area contributed by atoms with Crippen molar-refractivity contribution in [1.29, 1.82) is 0 Å². The van der Waals surface area contributed by atoms with Crippen molar-refractivity contribution in [2.24, 2.45) is 0 Å². The molecule has 0 aromatic heterocycles. The molecular weight excluding hydrogens is 394 g/mol. The first-order valence-corrected chi connectivity index (χ1v) is 10.6. The molecule has 7 heteroatoms. The molecule has 0 radical (unpaired) electrons. The van der Waals surface area contributed by atoms with Gasteiger partial charge in [-0.25, -0.2) is 4.79 Å². The number of carbonyl (C=O) groups excluding carboxylic acids is 2. The van der Waals surface area contributed by atoms with Crippen LogP contribution in [0, 0.1) is 0 Å². The summed E-state index contributed by atoms with van der Waals surface area (Å²) < 4.78 is 11.3. The topological polar surface area (TPSA) is 71.1 Å². The van der Waals surface area contributed by atoms with E-state index in [1.54, 1.807) is 17.0 Å². The Morgan fingerprint density at radius 1 is 0.935 bits per heavy atom. The Morgan fingerprint density at radius 2 is 1.58 bits per heavy atom. The molecule has 0 bridgehead atoms. The van der Waals surface area contributed by atoms with E-state index < -0.39 is 5.60 Å². The van der Waals surface area contributed by atoms with Crippen LogP contribution in [-0.4, -0.2) is 66.7 Å². The van der Waals surface area contributed by atoms with Gasteiger partial charge in [0.2, 0.25) is 0 Å². The molecular formula is C24H31N3O4. The van der Waals surface area contributed by atoms with Crippen LogP contribution in [0.5, 0.6) is 11.5 Å². The molecule has 0 saturated carbocycles. The molecule has 1 saturated heterocycles. The summed E-state index contributed by atoms with van der Waals surface area (Å²) in [5.41, 5.74) is 0.0139. The third-order valence-electron chi connectivity index (χ3n) is 4.84. The molecule has 2 aromatic rings. The van der Waals surface area contributed by atoms with E-state index in [9.17, 15) is 9.59 Å². The average molecular weight is 426 g/mol. The number of amides is 2. The first kappa shape index (κ1) is 22.6. The van der Waals surface area contributed by atoms with Crippen molar-refractivity contribution >= 4 is 12.0 Å². The van der Waals surface area contributed by atoms with Gasteiger partial charge in [-0.15, -0.1) is 0 Å². The Hall–Kier alpha value is -3.06. The number of nitrogens with zero attached hydrogens (tertiary/aromatic N) is 2. The summed E-state index contributed by atoms with van der Waals surface area (Å²) in [6.07, 6.45) is -0.268. The lowest BCUT2D eigenvalue weighted by molar-refractivity contribution is 0.0147. The van der Waals surface area contributed by atoms with E-state index in [0.29, 0.717) is 36.7 Å². The van der Waals surface area contributed by atoms with Crippen molar-refractivity contribution in [1.82, 2.24) is 15.1 Å². The largest absolute Gasteiger partial charge is 0.457 e. The minimum atomic E-state index is -0.487. The monoisotopic (exact) mass is 425 g/mol. The number of rotatable bonds is 6. The van der Waals surface area contributed by atoms with Gasteiger partial charge in [-0.1, -0.05) is 30.3 Å². The second-order valence-electron chi connectivity index (χ2n) is 8.48. The number of nitrogens with one attached hydrogen (secondary N) is 1. The predicted octanol–water partition coefficient (Wildman–Crippen LogP) is 3.76. The van der Waals surface area contributed by atoms with Gasteiger partial charge in [0.1, 0.15) is 17.1 Å². The van der Waals surface area contributed by atoms with Crippen LogP contribution in [0.4, 0.5) is 4.79 Å². The Morgan fingerprint density at radius 3 is 2.26 bits per heavy atom. The van der Waals surface area contributed by atoms with Crippen LogP contribution in [0.25, 0.3) is 0 Å². The van der Waals surface area contributed by atoms with Gasteiger partial charge >= 0.3 is 6.09 Å². The zero-order chi connectivity index (χ0) is 22.3. The summed E-state index contributed by atoms with van der Waals surface area (Å²) in [6.45, 7) is 9.59. The summed E-state index contributed by atoms with van der Waals surface area (Å²) in [5.74, 6) is 1.04. The standard InChI is InChI=1S/C24H31N3O4/c1-24(2,3)31-23(29)27-17-15-26(16-18-27)14-13-25-22(28)20-11-7-8-12-21(20)30-19-9-5-4-6-10-19/h4-12H,13-18H2,1-3H3,(H,25,28). The summed E-state index contributed by atoms with van der Waals surface area (Å²) in [5, 5.41) is 2.97. The molecule has 7 nitrogen and oxygen atoms in total. The lowest BCUT2D eigenvalue weighted by Gasteiger charge is -2.35. The molecule has 1 fully saturated rings. The molecule has 0 atom stereocenters. The summed E-state index contributed by atoms with van der Waals surface area (Å²) in [4.78, 5) is 28.8. The van der Waals surface area contributed by atoms with E-state index in [1.807, 2.05) is 63.2 Å². The third kappa shape index (κ3) is 7.00. The van der Waals surface area contributed by atoms with Gasteiger partial charge in [-0.2, -0.15) is 0 Å². The number of hydrogen-bond acceptors (Lipinski definition) is 5. The first-order valence-electron chi connectivity index (χ1n) is 10.6. The zero-order valence-electron chi connectivity index (χ0n) is 18.5. The average Bonchev–Trinajstić information content (AvgIpc) is 2.74. The lowest BCUT2D eigenvalue weighted by atomic mass is 10.2. The van der Waals surface area contributed by atoms with Crippen molar-refractivity contribution in [2.75, 3.05) is 39.3 Å². The lowest BCUT2D eigenvalue weighted by Crippen LogP contribution is -2.51. The second kappa shape index (κ2) is 10.3. The van der Waals surface area contributed by atoms with Crippen molar-refractivity contribution in [3.63, 3.8) is 0 Å². The number of para-hydroxylation sites is 2. The quantitative estimate of drug-likeness (QED) is 0.763. The normalized spacial score (nSPS) is 14.7. The third-order valence-corrected chi connectivity index (χ3v) is 4.84. The zero-order valence-corrected chi connectivity index (χ0v) is 18.5. The van der Waals surface area contributed by atoms with Crippen molar-refractivity contribution < 1.29 is 19.1 Å². The van der Waals surface area contributed by atoms with E-state index in [0.717, 1.165) is 19.6 Å². The van der Waals surface area contributed by atoms with Gasteiger partial charge in [-0.3, -0.25) is 9.69 Å². The number of benzene rings is 2. The van der Waals surface area contributed by atoms with E-state index in [4.69, 9.17) is 9.47 Å². The molecule has 0 unspecified atom stereocenters. The summed E-state index contributed by atoms with van der Waals surface area (Å²) in [7, 11) is 0. The number of hydrogen-bond donors (Lipinski definition) is 1. The first-order chi connectivity index (χ1) is 14.8. The maximum atomic E-state index is 12.7. The van der Waals surface area contributed by atoms with Crippen LogP contribution in [0.1, 0.15) is 31.1 Å². The van der Waals surface area contributed by atoms with E-state index >= 15 is 0 Å². The Balaban J connectivity index is 1.45. The van der Waals surface area contributed by atoms with E-state index in [-0.39, 0.29) is 12.0 Å².